The topological polar surface area (TPSA) is 61.4 Å². The molecule has 1 unspecified atom stereocenters. The summed E-state index contributed by atoms with van der Waals surface area (Å²) in [5.74, 6) is -3.63. The zero-order chi connectivity index (χ0) is 29.3. The molecule has 40 heavy (non-hydrogen) atoms. The number of piperidine rings is 1. The Balaban J connectivity index is 1.51. The predicted molar refractivity (Wildman–Crippen MR) is 154 cm³/mol. The van der Waals surface area contributed by atoms with E-state index in [-0.39, 0.29) is 18.4 Å². The summed E-state index contributed by atoms with van der Waals surface area (Å²) in [4.78, 5) is 29.1. The van der Waals surface area contributed by atoms with Gasteiger partial charge in [-0.1, -0.05) is 44.0 Å². The summed E-state index contributed by atoms with van der Waals surface area (Å²) in [5.41, 5.74) is 3.67. The molecule has 5 nitrogen and oxygen atoms in total. The first-order chi connectivity index (χ1) is 19.5. The van der Waals surface area contributed by atoms with Crippen LogP contribution in [0.4, 0.5) is 20.2 Å². The standard InChI is InChI=1S/C33H37F2N3O2/c1-20-17-27(32(39)37-26-14-11-21(2)22(3)18-26)31(23-12-15-25(16-13-23)36-24-7-4-5-8-24)38(19-20)33(40)30-28(34)9-6-10-29(30)35/h6,9-16,18,20,24,27,31,36H,4-5,7-8,17,19H2,1-3H3,(H,37,39)/t20-,27+,31?/m1/s1/i24D. The molecule has 7 heteroatoms. The fraction of sp³-hybridized carbons (Fsp3) is 0.394. The number of carbonyl (C=O) groups excluding carboxylic acids is 2. The molecule has 2 N–H and O–H groups in total. The van der Waals surface area contributed by atoms with Crippen molar-refractivity contribution in [3.8, 4) is 0 Å². The minimum atomic E-state index is -0.931. The number of nitrogens with zero attached hydrogens (tertiary/aromatic N) is 1. The summed E-state index contributed by atoms with van der Waals surface area (Å²) in [6.07, 6.45) is 4.06. The van der Waals surface area contributed by atoms with Gasteiger partial charge in [0.25, 0.3) is 5.91 Å². The molecule has 0 bridgehead atoms. The molecule has 210 valence electrons. The number of carbonyl (C=O) groups is 2. The van der Waals surface area contributed by atoms with Gasteiger partial charge in [-0.15, -0.1) is 0 Å². The van der Waals surface area contributed by atoms with Crippen molar-refractivity contribution in [2.45, 2.75) is 64.9 Å². The highest BCUT2D eigenvalue weighted by Gasteiger charge is 2.43. The summed E-state index contributed by atoms with van der Waals surface area (Å²) in [6.45, 7) is 6.16. The van der Waals surface area contributed by atoms with Crippen LogP contribution in [0.5, 0.6) is 0 Å². The summed E-state index contributed by atoms with van der Waals surface area (Å²) in [7, 11) is 0. The van der Waals surface area contributed by atoms with Crippen LogP contribution in [0.2, 0.25) is 0 Å². The largest absolute Gasteiger partial charge is 0.382 e. The number of halogens is 2. The minimum absolute atomic E-state index is 0.0768. The molecule has 2 fully saturated rings. The van der Waals surface area contributed by atoms with Crippen molar-refractivity contribution in [3.05, 3.63) is 94.6 Å². The molecule has 2 aliphatic rings. The SMILES string of the molecule is [2H]C1(Nc2ccc(C3[C@@H](C(=O)Nc4ccc(C)c(C)c4)C[C@@H](C)CN3C(=O)c3c(F)cccc3F)cc2)CCCC1. The van der Waals surface area contributed by atoms with E-state index < -0.39 is 41.1 Å². The lowest BCUT2D eigenvalue weighted by molar-refractivity contribution is -0.124. The van der Waals surface area contributed by atoms with Crippen LogP contribution in [0, 0.1) is 37.3 Å². The van der Waals surface area contributed by atoms with E-state index in [4.69, 9.17) is 1.37 Å². The third-order valence-electron chi connectivity index (χ3n) is 8.21. The smallest absolute Gasteiger partial charge is 0.260 e. The number of aryl methyl sites for hydroxylation is 2. The van der Waals surface area contributed by atoms with Gasteiger partial charge in [0.15, 0.2) is 0 Å². The first-order valence-corrected chi connectivity index (χ1v) is 14.1. The van der Waals surface area contributed by atoms with Crippen molar-refractivity contribution in [2.24, 2.45) is 11.8 Å². The molecule has 5 rings (SSSR count). The quantitative estimate of drug-likeness (QED) is 0.338. The zero-order valence-electron chi connectivity index (χ0n) is 24.3. The molecule has 0 radical (unpaired) electrons. The molecule has 1 aliphatic heterocycles. The first-order valence-electron chi connectivity index (χ1n) is 14.6. The molecular formula is C33H37F2N3O2. The van der Waals surface area contributed by atoms with Crippen LogP contribution in [0.3, 0.4) is 0 Å². The molecule has 1 saturated carbocycles. The molecular weight excluding hydrogens is 508 g/mol. The Morgan fingerprint density at radius 1 is 0.925 bits per heavy atom. The molecule has 3 aromatic carbocycles. The Labute approximate surface area is 236 Å². The maximum Gasteiger partial charge on any atom is 0.260 e. The van der Waals surface area contributed by atoms with Crippen LogP contribution < -0.4 is 10.6 Å². The van der Waals surface area contributed by atoms with Crippen LogP contribution in [0.25, 0.3) is 0 Å². The number of likely N-dealkylation sites (tertiary alicyclic amines) is 1. The van der Waals surface area contributed by atoms with Gasteiger partial charge in [-0.3, -0.25) is 9.59 Å². The first kappa shape index (κ1) is 26.5. The van der Waals surface area contributed by atoms with Gasteiger partial charge in [-0.25, -0.2) is 8.78 Å². The predicted octanol–water partition coefficient (Wildman–Crippen LogP) is 7.41. The van der Waals surface area contributed by atoms with Crippen molar-refractivity contribution < 1.29 is 19.7 Å². The Morgan fingerprint density at radius 3 is 2.23 bits per heavy atom. The zero-order valence-corrected chi connectivity index (χ0v) is 23.3. The van der Waals surface area contributed by atoms with Crippen molar-refractivity contribution in [3.63, 3.8) is 0 Å². The van der Waals surface area contributed by atoms with Crippen LogP contribution in [-0.4, -0.2) is 29.3 Å². The molecule has 3 atom stereocenters. The van der Waals surface area contributed by atoms with Gasteiger partial charge in [-0.2, -0.15) is 0 Å². The van der Waals surface area contributed by atoms with E-state index in [1.54, 1.807) is 0 Å². The number of hydrogen-bond donors (Lipinski definition) is 2. The lowest BCUT2D eigenvalue weighted by atomic mass is 9.79. The van der Waals surface area contributed by atoms with E-state index >= 15 is 0 Å². The number of anilines is 2. The third kappa shape index (κ3) is 5.88. The third-order valence-corrected chi connectivity index (χ3v) is 8.21. The summed E-state index contributed by atoms with van der Waals surface area (Å²) in [6, 6.07) is 15.0. The fourth-order valence-electron chi connectivity index (χ4n) is 5.97. The highest BCUT2D eigenvalue weighted by molar-refractivity contribution is 5.97. The van der Waals surface area contributed by atoms with Crippen LogP contribution in [0.1, 0.15) is 73.5 Å². The van der Waals surface area contributed by atoms with Crippen molar-refractivity contribution in [2.75, 3.05) is 17.2 Å². The maximum absolute atomic E-state index is 14.8. The average molecular weight is 547 g/mol. The second kappa shape index (κ2) is 11.8. The summed E-state index contributed by atoms with van der Waals surface area (Å²) < 4.78 is 38.2. The van der Waals surface area contributed by atoms with Gasteiger partial charge in [0.05, 0.1) is 13.3 Å². The average Bonchev–Trinajstić information content (AvgIpc) is 3.36. The molecule has 1 saturated heterocycles. The molecule has 3 aromatic rings. The Morgan fingerprint density at radius 2 is 1.57 bits per heavy atom. The van der Waals surface area contributed by atoms with Gasteiger partial charge in [0, 0.05) is 23.9 Å². The van der Waals surface area contributed by atoms with Gasteiger partial charge in [-0.05, 0) is 92.1 Å². The van der Waals surface area contributed by atoms with E-state index in [9.17, 15) is 18.4 Å². The monoisotopic (exact) mass is 546 g/mol. The van der Waals surface area contributed by atoms with Gasteiger partial charge < -0.3 is 15.5 Å². The normalized spacial score (nSPS) is 22.5. The second-order valence-corrected chi connectivity index (χ2v) is 11.3. The van der Waals surface area contributed by atoms with Gasteiger partial charge in [0.1, 0.15) is 17.2 Å². The number of benzene rings is 3. The second-order valence-electron chi connectivity index (χ2n) is 11.3. The number of hydrogen-bond acceptors (Lipinski definition) is 3. The number of nitrogens with one attached hydrogen (secondary N) is 2. The Bertz CT molecular complexity index is 1420. The Hall–Kier alpha value is -3.74. The Kier molecular flexibility index (Phi) is 7.80. The van der Waals surface area contributed by atoms with E-state index in [1.807, 2.05) is 63.2 Å². The van der Waals surface area contributed by atoms with Crippen molar-refractivity contribution >= 4 is 23.2 Å². The van der Waals surface area contributed by atoms with Crippen LogP contribution >= 0.6 is 0 Å². The van der Waals surface area contributed by atoms with E-state index in [2.05, 4.69) is 10.6 Å². The van der Waals surface area contributed by atoms with Crippen LogP contribution in [0.15, 0.2) is 60.7 Å². The van der Waals surface area contributed by atoms with Crippen molar-refractivity contribution in [1.82, 2.24) is 4.90 Å². The number of rotatable bonds is 6. The number of amides is 2. The van der Waals surface area contributed by atoms with E-state index in [0.717, 1.165) is 54.6 Å². The lowest BCUT2D eigenvalue weighted by Gasteiger charge is -2.43. The maximum atomic E-state index is 14.8. The summed E-state index contributed by atoms with van der Waals surface area (Å²) >= 11 is 0. The molecule has 0 aromatic heterocycles. The highest BCUT2D eigenvalue weighted by atomic mass is 19.1. The lowest BCUT2D eigenvalue weighted by Crippen LogP contribution is -2.49. The van der Waals surface area contributed by atoms with Crippen LogP contribution in [-0.2, 0) is 4.79 Å². The van der Waals surface area contributed by atoms with Gasteiger partial charge in [0.2, 0.25) is 5.91 Å². The van der Waals surface area contributed by atoms with Gasteiger partial charge >= 0.3 is 0 Å². The fourth-order valence-corrected chi connectivity index (χ4v) is 5.97. The highest BCUT2D eigenvalue weighted by Crippen LogP contribution is 2.41. The van der Waals surface area contributed by atoms with E-state index in [1.165, 1.54) is 11.0 Å². The molecule has 1 heterocycles. The van der Waals surface area contributed by atoms with E-state index in [0.29, 0.717) is 17.7 Å². The van der Waals surface area contributed by atoms with Crippen molar-refractivity contribution in [1.29, 1.82) is 0 Å². The molecule has 2 amide bonds. The molecule has 1 aliphatic carbocycles. The minimum Gasteiger partial charge on any atom is -0.382 e. The summed E-state index contributed by atoms with van der Waals surface area (Å²) in [5, 5.41) is 6.34. The molecule has 0 spiro atoms.